The highest BCUT2D eigenvalue weighted by atomic mass is 16.6. The van der Waals surface area contributed by atoms with Gasteiger partial charge < -0.3 is 47.4 Å². The lowest BCUT2D eigenvalue weighted by Gasteiger charge is -2.20. The molecule has 54 heavy (non-hydrogen) atoms. The zero-order chi connectivity index (χ0) is 38.3. The largest absolute Gasteiger partial charge is 0.377 e. The monoisotopic (exact) mass is 754 g/mol. The van der Waals surface area contributed by atoms with E-state index in [0.717, 1.165) is 22.8 Å². The van der Waals surface area contributed by atoms with Gasteiger partial charge in [0.25, 0.3) is 0 Å². The zero-order valence-electron chi connectivity index (χ0n) is 32.0. The minimum absolute atomic E-state index is 0.255. The van der Waals surface area contributed by atoms with Gasteiger partial charge in [-0.15, -0.1) is 26.3 Å². The highest BCUT2D eigenvalue weighted by Gasteiger charge is 2.19. The Kier molecular flexibility index (Phi) is 25.2. The lowest BCUT2D eigenvalue weighted by Crippen LogP contribution is -2.17. The Morgan fingerprint density at radius 2 is 0.574 bits per heavy atom. The van der Waals surface area contributed by atoms with Crippen molar-refractivity contribution in [3.8, 4) is 0 Å². The van der Waals surface area contributed by atoms with Gasteiger partial charge in [-0.25, -0.2) is 0 Å². The average Bonchev–Trinajstić information content (AvgIpc) is 3.19. The van der Waals surface area contributed by atoms with Crippen LogP contribution in [-0.2, 0) is 47.4 Å². The lowest BCUT2D eigenvalue weighted by molar-refractivity contribution is -0.0321. The van der Waals surface area contributed by atoms with Gasteiger partial charge >= 0.3 is 0 Å². The van der Waals surface area contributed by atoms with Crippen molar-refractivity contribution >= 4 is 0 Å². The van der Waals surface area contributed by atoms with Crippen molar-refractivity contribution in [2.45, 2.75) is 50.1 Å². The van der Waals surface area contributed by atoms with Crippen molar-refractivity contribution in [1.29, 1.82) is 0 Å². The Morgan fingerprint density at radius 3 is 0.778 bits per heavy atom. The number of fused-ring (bicyclic) bond motifs is 4. The molecule has 2 aromatic rings. The normalized spacial score (nSPS) is 23.7. The van der Waals surface area contributed by atoms with E-state index in [1.54, 1.807) is 0 Å². The Balaban J connectivity index is 1.54. The summed E-state index contributed by atoms with van der Waals surface area (Å²) in [6.07, 6.45) is 8.76. The molecule has 0 saturated carbocycles. The van der Waals surface area contributed by atoms with Crippen LogP contribution in [0.15, 0.2) is 87.0 Å². The third kappa shape index (κ3) is 18.9. The molecule has 4 bridgehead atoms. The fourth-order valence-electron chi connectivity index (χ4n) is 5.44. The second kappa shape index (κ2) is 30.1. The van der Waals surface area contributed by atoms with Gasteiger partial charge in [-0.2, -0.15) is 0 Å². The molecule has 0 aromatic carbocycles. The third-order valence-electron chi connectivity index (χ3n) is 8.10. The third-order valence-corrected chi connectivity index (χ3v) is 8.10. The first-order valence-corrected chi connectivity index (χ1v) is 19.0. The fraction of sp³-hybridized carbons (Fsp3) is 0.571. The zero-order valence-corrected chi connectivity index (χ0v) is 32.0. The van der Waals surface area contributed by atoms with Crippen LogP contribution in [0, 0.1) is 0 Å². The van der Waals surface area contributed by atoms with Gasteiger partial charge in [-0.05, 0) is 49.9 Å². The van der Waals surface area contributed by atoms with Gasteiger partial charge in [0.1, 0.15) is 24.4 Å². The molecule has 3 rings (SSSR count). The standard InChI is InChI=1S/C42H62N2O10/c1-5-11-39-35-15-9-16-36(43-35)40(12-6-2)52-32-28-48-25-21-46-22-26-50-30-34-54-42(14-8-4)38-18-10-17-37(44-38)41(13-7-3)53-33-29-49-24-20-45-19-23-47-27-31-51-39/h5-10,15-18,39-42H,1-4,11-14,19-34H2/t39-,40-,41+,42+. The van der Waals surface area contributed by atoms with Gasteiger partial charge in [-0.3, -0.25) is 9.97 Å². The number of rotatable bonds is 8. The molecule has 0 unspecified atom stereocenters. The van der Waals surface area contributed by atoms with E-state index in [1.165, 1.54) is 0 Å². The maximum Gasteiger partial charge on any atom is 0.103 e. The number of aromatic nitrogens is 2. The molecule has 0 aliphatic carbocycles. The van der Waals surface area contributed by atoms with Crippen LogP contribution >= 0.6 is 0 Å². The van der Waals surface area contributed by atoms with Crippen molar-refractivity contribution in [2.24, 2.45) is 0 Å². The molecule has 0 fully saturated rings. The molecule has 0 amide bonds. The van der Waals surface area contributed by atoms with Gasteiger partial charge in [0.2, 0.25) is 0 Å². The smallest absolute Gasteiger partial charge is 0.103 e. The predicted molar refractivity (Wildman–Crippen MR) is 207 cm³/mol. The van der Waals surface area contributed by atoms with Crippen LogP contribution in [0.1, 0.15) is 72.9 Å². The van der Waals surface area contributed by atoms with E-state index in [-0.39, 0.29) is 24.4 Å². The summed E-state index contributed by atoms with van der Waals surface area (Å²) in [4.78, 5) is 9.78. The average molecular weight is 755 g/mol. The Labute approximate surface area is 322 Å². The summed E-state index contributed by atoms with van der Waals surface area (Å²) in [5, 5.41) is 0. The summed E-state index contributed by atoms with van der Waals surface area (Å²) in [5.74, 6) is 0. The van der Waals surface area contributed by atoms with Crippen LogP contribution in [0.3, 0.4) is 0 Å². The number of hydrogen-bond donors (Lipinski definition) is 0. The first kappa shape index (κ1) is 45.3. The van der Waals surface area contributed by atoms with Crippen molar-refractivity contribution < 1.29 is 47.4 Å². The van der Waals surface area contributed by atoms with Crippen molar-refractivity contribution in [3.63, 3.8) is 0 Å². The minimum atomic E-state index is -0.255. The van der Waals surface area contributed by atoms with Crippen LogP contribution < -0.4 is 0 Å². The van der Waals surface area contributed by atoms with Gasteiger partial charge in [0, 0.05) is 0 Å². The first-order chi connectivity index (χ1) is 26.7. The second-order valence-electron chi connectivity index (χ2n) is 12.2. The van der Waals surface area contributed by atoms with Crippen molar-refractivity contribution in [1.82, 2.24) is 9.97 Å². The molecule has 0 radical (unpaired) electrons. The van der Waals surface area contributed by atoms with Gasteiger partial charge in [-0.1, -0.05) is 36.4 Å². The van der Waals surface area contributed by atoms with Gasteiger partial charge in [0.05, 0.1) is 128 Å². The van der Waals surface area contributed by atoms with Crippen LogP contribution in [-0.4, -0.2) is 116 Å². The van der Waals surface area contributed by atoms with E-state index in [2.05, 4.69) is 26.3 Å². The molecule has 12 nitrogen and oxygen atoms in total. The van der Waals surface area contributed by atoms with Crippen LogP contribution in [0.5, 0.6) is 0 Å². The number of nitrogens with zero attached hydrogens (tertiary/aromatic N) is 2. The molecule has 4 atom stereocenters. The number of hydrogen-bond acceptors (Lipinski definition) is 12. The summed E-state index contributed by atoms with van der Waals surface area (Å²) >= 11 is 0. The maximum atomic E-state index is 6.15. The van der Waals surface area contributed by atoms with Crippen molar-refractivity contribution in [2.75, 3.05) is 106 Å². The quantitative estimate of drug-likeness (QED) is 0.263. The molecule has 300 valence electrons. The predicted octanol–water partition coefficient (Wildman–Crippen LogP) is 6.83. The lowest BCUT2D eigenvalue weighted by atomic mass is 10.1. The number of pyridine rings is 2. The van der Waals surface area contributed by atoms with E-state index in [9.17, 15) is 0 Å². The second-order valence-corrected chi connectivity index (χ2v) is 12.2. The van der Waals surface area contributed by atoms with Crippen LogP contribution in [0.4, 0.5) is 0 Å². The summed E-state index contributed by atoms with van der Waals surface area (Å²) in [6.45, 7) is 22.6. The summed E-state index contributed by atoms with van der Waals surface area (Å²) in [5.41, 5.74) is 3.24. The Hall–Kier alpha value is -3.14. The summed E-state index contributed by atoms with van der Waals surface area (Å²) in [7, 11) is 0. The molecule has 2 aromatic heterocycles. The van der Waals surface area contributed by atoms with Crippen LogP contribution in [0.2, 0.25) is 0 Å². The van der Waals surface area contributed by atoms with E-state index in [4.69, 9.17) is 57.3 Å². The highest BCUT2D eigenvalue weighted by molar-refractivity contribution is 5.18. The molecular weight excluding hydrogens is 692 g/mol. The van der Waals surface area contributed by atoms with Crippen molar-refractivity contribution in [3.05, 3.63) is 110 Å². The van der Waals surface area contributed by atoms with E-state index in [0.29, 0.717) is 131 Å². The first-order valence-electron chi connectivity index (χ1n) is 19.0. The SMILES string of the molecule is C=CC[C@@H]1OCCOCCOCCOCCO[C@H](CC=C)c2cccc(n2)[C@@H](CC=C)OCCOCCOCCOCCO[C@@H](CC=C)c2cccc1n2. The number of ether oxygens (including phenoxy) is 10. The molecule has 3 heterocycles. The molecular formula is C42H62N2O10. The maximum absolute atomic E-state index is 6.15. The Bertz CT molecular complexity index is 1110. The molecule has 0 N–H and O–H groups in total. The van der Waals surface area contributed by atoms with E-state index < -0.39 is 0 Å². The van der Waals surface area contributed by atoms with Gasteiger partial charge in [0.15, 0.2) is 0 Å². The molecule has 1 aliphatic rings. The minimum Gasteiger partial charge on any atom is -0.377 e. The fourth-order valence-corrected chi connectivity index (χ4v) is 5.44. The summed E-state index contributed by atoms with van der Waals surface area (Å²) < 4.78 is 58.9. The van der Waals surface area contributed by atoms with E-state index >= 15 is 0 Å². The van der Waals surface area contributed by atoms with E-state index in [1.807, 2.05) is 60.7 Å². The molecule has 0 spiro atoms. The molecule has 12 heteroatoms. The topological polar surface area (TPSA) is 118 Å². The summed E-state index contributed by atoms with van der Waals surface area (Å²) in [6, 6.07) is 11.8. The van der Waals surface area contributed by atoms with Crippen LogP contribution in [0.25, 0.3) is 0 Å². The molecule has 0 saturated heterocycles. The highest BCUT2D eigenvalue weighted by Crippen LogP contribution is 2.26. The Morgan fingerprint density at radius 1 is 0.370 bits per heavy atom. The molecule has 1 aliphatic heterocycles.